The van der Waals surface area contributed by atoms with E-state index in [-0.39, 0.29) is 11.8 Å². The Labute approximate surface area is 139 Å². The molecule has 0 saturated heterocycles. The molecule has 0 saturated carbocycles. The van der Waals surface area contributed by atoms with Gasteiger partial charge in [0.25, 0.3) is 0 Å². The molecule has 1 heterocycles. The van der Waals surface area contributed by atoms with Crippen molar-refractivity contribution in [2.24, 2.45) is 0 Å². The molecule has 2 amide bonds. The van der Waals surface area contributed by atoms with E-state index in [1.54, 1.807) is 41.6 Å². The van der Waals surface area contributed by atoms with Crippen LogP contribution >= 0.6 is 11.3 Å². The summed E-state index contributed by atoms with van der Waals surface area (Å²) in [4.78, 5) is 18.8. The number of nitrogens with zero attached hydrogens (tertiary/aromatic N) is 2. The van der Waals surface area contributed by atoms with Crippen molar-refractivity contribution in [3.8, 4) is 5.75 Å². The number of hydrogen-bond acceptors (Lipinski definition) is 4. The van der Waals surface area contributed by atoms with Crippen molar-refractivity contribution in [1.82, 2.24) is 15.2 Å². The number of nitrogens with one attached hydrogen (secondary N) is 1. The van der Waals surface area contributed by atoms with Gasteiger partial charge in [-0.1, -0.05) is 0 Å². The molecule has 0 radical (unpaired) electrons. The fourth-order valence-electron chi connectivity index (χ4n) is 1.91. The van der Waals surface area contributed by atoms with Crippen molar-refractivity contribution >= 4 is 17.4 Å². The average molecular weight is 337 g/mol. The van der Waals surface area contributed by atoms with Gasteiger partial charge >= 0.3 is 6.03 Å². The number of urea groups is 1. The highest BCUT2D eigenvalue weighted by Gasteiger charge is 2.09. The molecule has 1 N–H and O–H groups in total. The number of aryl methyl sites for hydroxylation is 1. The summed E-state index contributed by atoms with van der Waals surface area (Å²) in [5.41, 5.74) is 0. The van der Waals surface area contributed by atoms with Gasteiger partial charge in [-0.2, -0.15) is 0 Å². The summed E-state index contributed by atoms with van der Waals surface area (Å²) in [6.45, 7) is 3.47. The lowest BCUT2D eigenvalue weighted by Gasteiger charge is -2.17. The fourth-order valence-corrected chi connectivity index (χ4v) is 2.76. The highest BCUT2D eigenvalue weighted by molar-refractivity contribution is 7.11. The Morgan fingerprint density at radius 2 is 2.13 bits per heavy atom. The Balaban J connectivity index is 1.61. The molecule has 2 aromatic rings. The molecular weight excluding hydrogens is 317 g/mol. The first kappa shape index (κ1) is 17.2. The van der Waals surface area contributed by atoms with Gasteiger partial charge in [-0.15, -0.1) is 11.3 Å². The first-order valence-electron chi connectivity index (χ1n) is 7.33. The first-order valence-corrected chi connectivity index (χ1v) is 8.15. The summed E-state index contributed by atoms with van der Waals surface area (Å²) in [5.74, 6) is 0.333. The van der Waals surface area contributed by atoms with E-state index in [0.717, 1.165) is 9.88 Å². The molecule has 0 aliphatic heterocycles. The molecule has 0 spiro atoms. The third-order valence-electron chi connectivity index (χ3n) is 3.09. The number of carbonyl (C=O) groups is 1. The third kappa shape index (κ3) is 5.86. The summed E-state index contributed by atoms with van der Waals surface area (Å²) in [6, 6.07) is 5.75. The van der Waals surface area contributed by atoms with Gasteiger partial charge in [0.05, 0.1) is 18.2 Å². The van der Waals surface area contributed by atoms with E-state index >= 15 is 0 Å². The molecule has 0 aliphatic rings. The molecule has 5 nitrogen and oxygen atoms in total. The molecule has 2 rings (SSSR count). The normalized spacial score (nSPS) is 10.4. The predicted molar refractivity (Wildman–Crippen MR) is 88.2 cm³/mol. The quantitative estimate of drug-likeness (QED) is 0.790. The number of hydrogen-bond donors (Lipinski definition) is 1. The van der Waals surface area contributed by atoms with Gasteiger partial charge in [0.15, 0.2) is 0 Å². The molecular formula is C16H20FN3O2S. The van der Waals surface area contributed by atoms with Crippen molar-refractivity contribution in [3.63, 3.8) is 0 Å². The minimum absolute atomic E-state index is 0.127. The number of halogens is 1. The van der Waals surface area contributed by atoms with Gasteiger partial charge in [0.2, 0.25) is 0 Å². The maximum absolute atomic E-state index is 12.7. The fraction of sp³-hybridized carbons (Fsp3) is 0.375. The third-order valence-corrected chi connectivity index (χ3v) is 3.99. The second-order valence-electron chi connectivity index (χ2n) is 5.09. The zero-order chi connectivity index (χ0) is 16.7. The lowest BCUT2D eigenvalue weighted by atomic mass is 10.3. The van der Waals surface area contributed by atoms with Crippen LogP contribution in [0.2, 0.25) is 0 Å². The van der Waals surface area contributed by atoms with E-state index in [0.29, 0.717) is 31.9 Å². The van der Waals surface area contributed by atoms with E-state index < -0.39 is 0 Å². The maximum atomic E-state index is 12.7. The maximum Gasteiger partial charge on any atom is 0.317 e. The smallest absolute Gasteiger partial charge is 0.317 e. The number of ether oxygens (including phenoxy) is 1. The van der Waals surface area contributed by atoms with Crippen molar-refractivity contribution in [1.29, 1.82) is 0 Å². The molecule has 1 aromatic heterocycles. The van der Waals surface area contributed by atoms with E-state index in [9.17, 15) is 9.18 Å². The van der Waals surface area contributed by atoms with Crippen LogP contribution in [-0.2, 0) is 6.54 Å². The molecule has 1 aromatic carbocycles. The van der Waals surface area contributed by atoms with Crippen molar-refractivity contribution in [3.05, 3.63) is 46.2 Å². The van der Waals surface area contributed by atoms with Crippen molar-refractivity contribution in [2.45, 2.75) is 19.9 Å². The summed E-state index contributed by atoms with van der Waals surface area (Å²) in [5, 5.41) is 3.83. The molecule has 0 unspecified atom stereocenters. The van der Waals surface area contributed by atoms with Gasteiger partial charge in [0, 0.05) is 24.7 Å². The van der Waals surface area contributed by atoms with Crippen LogP contribution in [0.4, 0.5) is 9.18 Å². The highest BCUT2D eigenvalue weighted by Crippen LogP contribution is 2.13. The summed E-state index contributed by atoms with van der Waals surface area (Å²) in [7, 11) is 1.75. The summed E-state index contributed by atoms with van der Waals surface area (Å²) in [6.07, 6.45) is 2.47. The minimum atomic E-state index is -0.288. The topological polar surface area (TPSA) is 54.5 Å². The van der Waals surface area contributed by atoms with Crippen molar-refractivity contribution < 1.29 is 13.9 Å². The average Bonchev–Trinajstić information content (AvgIpc) is 2.93. The SMILES string of the molecule is Cc1ncc(CN(C)C(=O)NCCCOc2ccc(F)cc2)s1. The summed E-state index contributed by atoms with van der Waals surface area (Å²) >= 11 is 1.58. The Kier molecular flexibility index (Phi) is 6.34. The van der Waals surface area contributed by atoms with Gasteiger partial charge in [-0.05, 0) is 37.6 Å². The Morgan fingerprint density at radius 3 is 2.78 bits per heavy atom. The second-order valence-corrected chi connectivity index (χ2v) is 6.41. The molecule has 0 atom stereocenters. The number of rotatable bonds is 7. The zero-order valence-corrected chi connectivity index (χ0v) is 14.0. The zero-order valence-electron chi connectivity index (χ0n) is 13.2. The predicted octanol–water partition coefficient (Wildman–Crippen LogP) is 3.20. The number of thiazole rings is 1. The van der Waals surface area contributed by atoms with Crippen molar-refractivity contribution in [2.75, 3.05) is 20.2 Å². The molecule has 0 aliphatic carbocycles. The van der Waals surface area contributed by atoms with Crippen LogP contribution in [0.5, 0.6) is 5.75 Å². The molecule has 7 heteroatoms. The minimum Gasteiger partial charge on any atom is -0.494 e. The van der Waals surface area contributed by atoms with Crippen LogP contribution < -0.4 is 10.1 Å². The number of carbonyl (C=O) groups excluding carboxylic acids is 1. The van der Waals surface area contributed by atoms with E-state index in [2.05, 4.69) is 10.3 Å². The molecule has 0 bridgehead atoms. The van der Waals surface area contributed by atoms with Crippen LogP contribution in [-0.4, -0.2) is 36.1 Å². The number of benzene rings is 1. The van der Waals surface area contributed by atoms with Gasteiger partial charge in [-0.25, -0.2) is 14.2 Å². The van der Waals surface area contributed by atoms with Gasteiger partial charge in [-0.3, -0.25) is 0 Å². The monoisotopic (exact) mass is 337 g/mol. The number of amides is 2. The largest absolute Gasteiger partial charge is 0.494 e. The van der Waals surface area contributed by atoms with Gasteiger partial charge < -0.3 is 15.0 Å². The molecule has 124 valence electrons. The Morgan fingerprint density at radius 1 is 1.39 bits per heavy atom. The van der Waals surface area contributed by atoms with E-state index in [1.807, 2.05) is 6.92 Å². The highest BCUT2D eigenvalue weighted by atomic mass is 32.1. The number of aromatic nitrogens is 1. The van der Waals surface area contributed by atoms with Crippen LogP contribution in [0.1, 0.15) is 16.3 Å². The van der Waals surface area contributed by atoms with Gasteiger partial charge in [0.1, 0.15) is 11.6 Å². The molecule has 23 heavy (non-hydrogen) atoms. The molecule has 0 fully saturated rings. The van der Waals surface area contributed by atoms with Crippen LogP contribution in [0.3, 0.4) is 0 Å². The van der Waals surface area contributed by atoms with Crippen LogP contribution in [0, 0.1) is 12.7 Å². The van der Waals surface area contributed by atoms with Crippen LogP contribution in [0.25, 0.3) is 0 Å². The Hall–Kier alpha value is -2.15. The van der Waals surface area contributed by atoms with E-state index in [1.165, 1.54) is 12.1 Å². The summed E-state index contributed by atoms with van der Waals surface area (Å²) < 4.78 is 18.2. The lowest BCUT2D eigenvalue weighted by molar-refractivity contribution is 0.206. The van der Waals surface area contributed by atoms with E-state index in [4.69, 9.17) is 4.74 Å². The van der Waals surface area contributed by atoms with Crippen LogP contribution in [0.15, 0.2) is 30.5 Å². The Bertz CT molecular complexity index is 631. The first-order chi connectivity index (χ1) is 11.0. The second kappa shape index (κ2) is 8.47. The standard InChI is InChI=1S/C16H20FN3O2S/c1-12-19-10-15(23-12)11-20(2)16(21)18-8-3-9-22-14-6-4-13(17)5-7-14/h4-7,10H,3,8-9,11H2,1-2H3,(H,18,21). The lowest BCUT2D eigenvalue weighted by Crippen LogP contribution is -2.37.